The third kappa shape index (κ3) is 2.29. The Balaban J connectivity index is 2.10. The molecule has 6 nitrogen and oxygen atoms in total. The first-order valence-electron chi connectivity index (χ1n) is 6.72. The quantitative estimate of drug-likeness (QED) is 0.494. The molecule has 3 rings (SSSR count). The Bertz CT molecular complexity index is 761. The molecule has 0 fully saturated rings. The normalized spacial score (nSPS) is 15.1. The molecule has 0 saturated carbocycles. The monoisotopic (exact) mass is 285 g/mol. The van der Waals surface area contributed by atoms with Crippen LogP contribution in [0.5, 0.6) is 0 Å². The maximum absolute atomic E-state index is 11.0. The molecule has 0 N–H and O–H groups in total. The van der Waals surface area contributed by atoms with Crippen LogP contribution in [0.25, 0.3) is 16.5 Å². The summed E-state index contributed by atoms with van der Waals surface area (Å²) in [6, 6.07) is 4.92. The molecular formula is C15H15N3O3. The van der Waals surface area contributed by atoms with E-state index in [0.717, 1.165) is 34.9 Å². The van der Waals surface area contributed by atoms with Gasteiger partial charge in [0.1, 0.15) is 0 Å². The van der Waals surface area contributed by atoms with Gasteiger partial charge in [-0.25, -0.2) is 0 Å². The van der Waals surface area contributed by atoms with E-state index in [1.165, 1.54) is 6.07 Å². The summed E-state index contributed by atoms with van der Waals surface area (Å²) in [6.45, 7) is 1.27. The summed E-state index contributed by atoms with van der Waals surface area (Å²) in [5.74, 6) is 0. The minimum atomic E-state index is -0.375. The molecule has 108 valence electrons. The number of benzene rings is 1. The van der Waals surface area contributed by atoms with Crippen LogP contribution in [0.2, 0.25) is 0 Å². The van der Waals surface area contributed by atoms with Gasteiger partial charge in [-0.15, -0.1) is 0 Å². The first-order chi connectivity index (χ1) is 10.1. The summed E-state index contributed by atoms with van der Waals surface area (Å²) >= 11 is 0. The first-order valence-corrected chi connectivity index (χ1v) is 6.72. The number of amides is 1. The molecule has 0 atom stereocenters. The summed E-state index contributed by atoms with van der Waals surface area (Å²) in [5, 5.41) is 11.8. The summed E-state index contributed by atoms with van der Waals surface area (Å²) in [7, 11) is 1.93. The summed E-state index contributed by atoms with van der Waals surface area (Å²) in [5.41, 5.74) is 3.22. The lowest BCUT2D eigenvalue weighted by Crippen LogP contribution is -2.26. The molecule has 0 saturated heterocycles. The van der Waals surface area contributed by atoms with Crippen LogP contribution in [0.3, 0.4) is 0 Å². The standard InChI is InChI=1S/C15H15N3O3/c1-16-9-14(11-4-6-17(10-19)7-5-11)13-8-12(18(20)21)2-3-15(13)16/h2-4,8-10H,5-7H2,1H3. The molecule has 1 aromatic carbocycles. The largest absolute Gasteiger partial charge is 0.350 e. The van der Waals surface area contributed by atoms with Gasteiger partial charge in [-0.2, -0.15) is 0 Å². The van der Waals surface area contributed by atoms with Crippen LogP contribution in [-0.2, 0) is 11.8 Å². The van der Waals surface area contributed by atoms with Gasteiger partial charge < -0.3 is 9.47 Å². The minimum Gasteiger partial charge on any atom is -0.350 e. The van der Waals surface area contributed by atoms with Crippen LogP contribution in [0.4, 0.5) is 5.69 Å². The second-order valence-electron chi connectivity index (χ2n) is 5.19. The topological polar surface area (TPSA) is 68.4 Å². The Morgan fingerprint density at radius 1 is 1.38 bits per heavy atom. The number of hydrogen-bond acceptors (Lipinski definition) is 3. The van der Waals surface area contributed by atoms with E-state index in [2.05, 4.69) is 0 Å². The Labute approximate surface area is 121 Å². The van der Waals surface area contributed by atoms with Crippen LogP contribution in [0, 0.1) is 10.1 Å². The molecule has 0 spiro atoms. The number of fused-ring (bicyclic) bond motifs is 1. The molecule has 2 heterocycles. The zero-order chi connectivity index (χ0) is 15.0. The summed E-state index contributed by atoms with van der Waals surface area (Å²) in [4.78, 5) is 23.0. The van der Waals surface area contributed by atoms with Gasteiger partial charge in [0.05, 0.1) is 4.92 Å². The molecule has 1 aromatic heterocycles. The number of carbonyl (C=O) groups excluding carboxylic acids is 1. The van der Waals surface area contributed by atoms with Crippen LogP contribution in [0.1, 0.15) is 12.0 Å². The lowest BCUT2D eigenvalue weighted by molar-refractivity contribution is -0.384. The van der Waals surface area contributed by atoms with Gasteiger partial charge in [0, 0.05) is 54.9 Å². The number of aryl methyl sites for hydroxylation is 1. The molecular weight excluding hydrogens is 270 g/mol. The number of aromatic nitrogens is 1. The Morgan fingerprint density at radius 2 is 2.19 bits per heavy atom. The predicted octanol–water partition coefficient (Wildman–Crippen LogP) is 2.33. The van der Waals surface area contributed by atoms with Crippen LogP contribution in [0.15, 0.2) is 30.5 Å². The second-order valence-corrected chi connectivity index (χ2v) is 5.19. The molecule has 1 amide bonds. The van der Waals surface area contributed by atoms with Gasteiger partial charge in [-0.05, 0) is 18.1 Å². The number of nitro benzene ring substituents is 1. The van der Waals surface area contributed by atoms with Crippen LogP contribution in [-0.4, -0.2) is 33.9 Å². The maximum atomic E-state index is 11.0. The Kier molecular flexibility index (Phi) is 3.21. The van der Waals surface area contributed by atoms with Crippen molar-refractivity contribution in [1.82, 2.24) is 9.47 Å². The summed E-state index contributed by atoms with van der Waals surface area (Å²) < 4.78 is 1.97. The maximum Gasteiger partial charge on any atom is 0.270 e. The van der Waals surface area contributed by atoms with E-state index in [1.807, 2.05) is 23.9 Å². The molecule has 0 bridgehead atoms. The fourth-order valence-electron chi connectivity index (χ4n) is 2.77. The van der Waals surface area contributed by atoms with E-state index in [4.69, 9.17) is 0 Å². The highest BCUT2D eigenvalue weighted by Crippen LogP contribution is 2.32. The average Bonchev–Trinajstić information content (AvgIpc) is 2.84. The number of nitro groups is 1. The zero-order valence-corrected chi connectivity index (χ0v) is 11.7. The number of rotatable bonds is 3. The van der Waals surface area contributed by atoms with Crippen molar-refractivity contribution >= 4 is 28.6 Å². The van der Waals surface area contributed by atoms with Crippen molar-refractivity contribution in [3.63, 3.8) is 0 Å². The average molecular weight is 285 g/mol. The molecule has 1 aliphatic heterocycles. The highest BCUT2D eigenvalue weighted by Gasteiger charge is 2.17. The Morgan fingerprint density at radius 3 is 2.81 bits per heavy atom. The molecule has 0 radical (unpaired) electrons. The van der Waals surface area contributed by atoms with Crippen molar-refractivity contribution in [2.24, 2.45) is 7.05 Å². The lowest BCUT2D eigenvalue weighted by atomic mass is 9.99. The van der Waals surface area contributed by atoms with Crippen molar-refractivity contribution in [2.75, 3.05) is 13.1 Å². The van der Waals surface area contributed by atoms with Crippen molar-refractivity contribution in [3.8, 4) is 0 Å². The van der Waals surface area contributed by atoms with Gasteiger partial charge >= 0.3 is 0 Å². The molecule has 2 aromatic rings. The van der Waals surface area contributed by atoms with Gasteiger partial charge in [0.2, 0.25) is 6.41 Å². The van der Waals surface area contributed by atoms with E-state index in [0.29, 0.717) is 13.1 Å². The lowest BCUT2D eigenvalue weighted by Gasteiger charge is -2.22. The summed E-state index contributed by atoms with van der Waals surface area (Å²) in [6.07, 6.45) is 5.63. The predicted molar refractivity (Wildman–Crippen MR) is 79.8 cm³/mol. The van der Waals surface area contributed by atoms with Gasteiger partial charge in [0.15, 0.2) is 0 Å². The third-order valence-electron chi connectivity index (χ3n) is 3.92. The highest BCUT2D eigenvalue weighted by atomic mass is 16.6. The molecule has 1 aliphatic rings. The second kappa shape index (κ2) is 5.05. The van der Waals surface area contributed by atoms with Gasteiger partial charge in [-0.3, -0.25) is 14.9 Å². The van der Waals surface area contributed by atoms with Crippen molar-refractivity contribution in [1.29, 1.82) is 0 Å². The van der Waals surface area contributed by atoms with E-state index >= 15 is 0 Å². The fraction of sp³-hybridized carbons (Fsp3) is 0.267. The highest BCUT2D eigenvalue weighted by molar-refractivity contribution is 5.94. The van der Waals surface area contributed by atoms with E-state index in [1.54, 1.807) is 17.0 Å². The number of hydrogen-bond donors (Lipinski definition) is 0. The van der Waals surface area contributed by atoms with E-state index in [-0.39, 0.29) is 10.6 Å². The van der Waals surface area contributed by atoms with Crippen molar-refractivity contribution in [3.05, 3.63) is 46.1 Å². The number of non-ortho nitro benzene ring substituents is 1. The van der Waals surface area contributed by atoms with Gasteiger partial charge in [0.25, 0.3) is 5.69 Å². The van der Waals surface area contributed by atoms with E-state index in [9.17, 15) is 14.9 Å². The van der Waals surface area contributed by atoms with Crippen molar-refractivity contribution in [2.45, 2.75) is 6.42 Å². The SMILES string of the molecule is Cn1cc(C2=CCN(C=O)CC2)c2cc([N+](=O)[O-])ccc21. The molecule has 21 heavy (non-hydrogen) atoms. The molecule has 6 heteroatoms. The number of nitrogens with zero attached hydrogens (tertiary/aromatic N) is 3. The number of carbonyl (C=O) groups is 1. The first kappa shape index (κ1) is 13.4. The smallest absolute Gasteiger partial charge is 0.270 e. The van der Waals surface area contributed by atoms with Gasteiger partial charge in [-0.1, -0.05) is 6.08 Å². The van der Waals surface area contributed by atoms with E-state index < -0.39 is 0 Å². The molecule has 0 aliphatic carbocycles. The van der Waals surface area contributed by atoms with Crippen LogP contribution < -0.4 is 0 Å². The molecule has 0 unspecified atom stereocenters. The van der Waals surface area contributed by atoms with Crippen molar-refractivity contribution < 1.29 is 9.72 Å². The third-order valence-corrected chi connectivity index (χ3v) is 3.92. The zero-order valence-electron chi connectivity index (χ0n) is 11.7. The Hall–Kier alpha value is -2.63. The fourth-order valence-corrected chi connectivity index (χ4v) is 2.77. The minimum absolute atomic E-state index is 0.0980. The van der Waals surface area contributed by atoms with Crippen LogP contribution >= 0.6 is 0 Å².